The Kier molecular flexibility index (Phi) is 3.81. The molecule has 0 aliphatic carbocycles. The minimum Gasteiger partial charge on any atom is -0.480 e. The van der Waals surface area contributed by atoms with Crippen LogP contribution in [0.4, 0.5) is 0 Å². The van der Waals surface area contributed by atoms with Gasteiger partial charge in [-0.25, -0.2) is 4.98 Å². The zero-order valence-electron chi connectivity index (χ0n) is 10.4. The topological polar surface area (TPSA) is 44.2 Å². The van der Waals surface area contributed by atoms with Crippen LogP contribution in [-0.2, 0) is 0 Å². The van der Waals surface area contributed by atoms with Crippen LogP contribution in [0.25, 0.3) is 0 Å². The first-order chi connectivity index (χ1) is 8.60. The highest BCUT2D eigenvalue weighted by Gasteiger charge is 2.07. The molecule has 0 unspecified atom stereocenters. The maximum atomic E-state index is 5.59. The van der Waals surface area contributed by atoms with Gasteiger partial charge in [-0.2, -0.15) is 4.98 Å². The molecule has 0 saturated carbocycles. The molecule has 2 rings (SSSR count). The average molecular weight is 309 g/mol. The monoisotopic (exact) mass is 308 g/mol. The van der Waals surface area contributed by atoms with Crippen LogP contribution in [0.15, 0.2) is 28.9 Å². The summed E-state index contributed by atoms with van der Waals surface area (Å²) in [5, 5.41) is 0. The van der Waals surface area contributed by atoms with Gasteiger partial charge in [0, 0.05) is 0 Å². The van der Waals surface area contributed by atoms with E-state index < -0.39 is 0 Å². The highest BCUT2D eigenvalue weighted by atomic mass is 79.9. The van der Waals surface area contributed by atoms with Gasteiger partial charge in [-0.1, -0.05) is 6.07 Å². The second-order valence-electron chi connectivity index (χ2n) is 3.86. The molecule has 1 aromatic heterocycles. The first kappa shape index (κ1) is 12.8. The summed E-state index contributed by atoms with van der Waals surface area (Å²) in [6, 6.07) is 6.10. The molecule has 0 saturated heterocycles. The van der Waals surface area contributed by atoms with Crippen molar-refractivity contribution >= 4 is 15.9 Å². The Hall–Kier alpha value is -1.62. The quantitative estimate of drug-likeness (QED) is 0.868. The number of hydrogen-bond acceptors (Lipinski definition) is 4. The van der Waals surface area contributed by atoms with E-state index in [1.165, 1.54) is 5.56 Å². The predicted octanol–water partition coefficient (Wildman–Crippen LogP) is 3.66. The van der Waals surface area contributed by atoms with Gasteiger partial charge in [0.2, 0.25) is 5.88 Å². The van der Waals surface area contributed by atoms with Crippen molar-refractivity contribution < 1.29 is 9.47 Å². The molecule has 0 aliphatic heterocycles. The van der Waals surface area contributed by atoms with Crippen molar-refractivity contribution in [2.45, 2.75) is 13.8 Å². The summed E-state index contributed by atoms with van der Waals surface area (Å²) < 4.78 is 11.4. The van der Waals surface area contributed by atoms with E-state index in [4.69, 9.17) is 9.47 Å². The van der Waals surface area contributed by atoms with E-state index in [9.17, 15) is 0 Å². The van der Waals surface area contributed by atoms with Gasteiger partial charge in [0.25, 0.3) is 0 Å². The van der Waals surface area contributed by atoms with Gasteiger partial charge in [0.15, 0.2) is 0 Å². The molecule has 0 bridgehead atoms. The van der Waals surface area contributed by atoms with Crippen LogP contribution in [0.3, 0.4) is 0 Å². The maximum Gasteiger partial charge on any atom is 0.325 e. The van der Waals surface area contributed by atoms with E-state index in [1.807, 2.05) is 25.1 Å². The lowest BCUT2D eigenvalue weighted by Crippen LogP contribution is -1.96. The third kappa shape index (κ3) is 2.79. The molecule has 1 aromatic carbocycles. The maximum absolute atomic E-state index is 5.59. The molecule has 5 heteroatoms. The highest BCUT2D eigenvalue weighted by Crippen LogP contribution is 2.26. The van der Waals surface area contributed by atoms with Crippen LogP contribution in [-0.4, -0.2) is 17.1 Å². The molecule has 2 aromatic rings. The highest BCUT2D eigenvalue weighted by molar-refractivity contribution is 9.10. The normalized spacial score (nSPS) is 10.2. The molecule has 0 aliphatic rings. The standard InChI is InChI=1S/C13H13BrN2O2/c1-8-4-5-10(6-9(8)2)18-13-15-7-11(14)12(16-13)17-3/h4-7H,1-3H3. The van der Waals surface area contributed by atoms with Crippen LogP contribution in [0.2, 0.25) is 0 Å². The molecule has 4 nitrogen and oxygen atoms in total. The molecule has 0 N–H and O–H groups in total. The number of halogens is 1. The van der Waals surface area contributed by atoms with Crippen molar-refractivity contribution in [1.82, 2.24) is 9.97 Å². The fourth-order valence-electron chi connectivity index (χ4n) is 1.41. The predicted molar refractivity (Wildman–Crippen MR) is 72.3 cm³/mol. The Morgan fingerprint density at radius 1 is 1.17 bits per heavy atom. The third-order valence-corrected chi connectivity index (χ3v) is 3.11. The molecular weight excluding hydrogens is 296 g/mol. The summed E-state index contributed by atoms with van der Waals surface area (Å²) in [5.41, 5.74) is 2.38. The summed E-state index contributed by atoms with van der Waals surface area (Å²) >= 11 is 3.29. The first-order valence-electron chi connectivity index (χ1n) is 5.42. The molecule has 0 radical (unpaired) electrons. The molecule has 18 heavy (non-hydrogen) atoms. The van der Waals surface area contributed by atoms with E-state index >= 15 is 0 Å². The Balaban J connectivity index is 2.25. The number of benzene rings is 1. The van der Waals surface area contributed by atoms with Crippen molar-refractivity contribution in [3.8, 4) is 17.6 Å². The molecule has 0 spiro atoms. The van der Waals surface area contributed by atoms with Gasteiger partial charge in [0.1, 0.15) is 5.75 Å². The van der Waals surface area contributed by atoms with E-state index in [0.29, 0.717) is 16.1 Å². The third-order valence-electron chi connectivity index (χ3n) is 2.57. The molecule has 94 valence electrons. The molecule has 0 atom stereocenters. The van der Waals surface area contributed by atoms with Crippen LogP contribution in [0.1, 0.15) is 11.1 Å². The lowest BCUT2D eigenvalue weighted by Gasteiger charge is -2.07. The van der Waals surface area contributed by atoms with Gasteiger partial charge in [0.05, 0.1) is 17.8 Å². The summed E-state index contributed by atoms with van der Waals surface area (Å²) in [6.07, 6.45) is 1.60. The molecular formula is C13H13BrN2O2. The first-order valence-corrected chi connectivity index (χ1v) is 6.21. The van der Waals surface area contributed by atoms with Gasteiger partial charge in [-0.3, -0.25) is 0 Å². The number of ether oxygens (including phenoxy) is 2. The van der Waals surface area contributed by atoms with Crippen molar-refractivity contribution in [1.29, 1.82) is 0 Å². The number of hydrogen-bond donors (Lipinski definition) is 0. The van der Waals surface area contributed by atoms with Gasteiger partial charge < -0.3 is 9.47 Å². The SMILES string of the molecule is COc1nc(Oc2ccc(C)c(C)c2)ncc1Br. The zero-order valence-corrected chi connectivity index (χ0v) is 12.0. The van der Waals surface area contributed by atoms with E-state index in [0.717, 1.165) is 5.56 Å². The number of aromatic nitrogens is 2. The lowest BCUT2D eigenvalue weighted by molar-refractivity contribution is 0.373. The second-order valence-corrected chi connectivity index (χ2v) is 4.71. The second kappa shape index (κ2) is 5.35. The Labute approximate surface area is 114 Å². The molecule has 1 heterocycles. The number of aryl methyl sites for hydroxylation is 2. The van der Waals surface area contributed by atoms with Crippen molar-refractivity contribution in [2.75, 3.05) is 7.11 Å². The Morgan fingerprint density at radius 2 is 1.94 bits per heavy atom. The minimum atomic E-state index is 0.262. The average Bonchev–Trinajstić information content (AvgIpc) is 2.36. The summed E-state index contributed by atoms with van der Waals surface area (Å²) in [7, 11) is 1.55. The fourth-order valence-corrected chi connectivity index (χ4v) is 1.76. The van der Waals surface area contributed by atoms with E-state index in [2.05, 4.69) is 32.8 Å². The van der Waals surface area contributed by atoms with Crippen molar-refractivity contribution in [3.05, 3.63) is 40.0 Å². The van der Waals surface area contributed by atoms with Gasteiger partial charge in [-0.15, -0.1) is 0 Å². The van der Waals surface area contributed by atoms with Crippen molar-refractivity contribution in [3.63, 3.8) is 0 Å². The summed E-state index contributed by atoms with van der Waals surface area (Å²) in [4.78, 5) is 8.21. The van der Waals surface area contributed by atoms with Gasteiger partial charge in [-0.05, 0) is 53.0 Å². The number of rotatable bonds is 3. The van der Waals surface area contributed by atoms with Crippen LogP contribution in [0.5, 0.6) is 17.6 Å². The lowest BCUT2D eigenvalue weighted by atomic mass is 10.1. The van der Waals surface area contributed by atoms with Gasteiger partial charge >= 0.3 is 6.01 Å². The summed E-state index contributed by atoms with van der Waals surface area (Å²) in [5.74, 6) is 1.16. The van der Waals surface area contributed by atoms with E-state index in [1.54, 1.807) is 13.3 Å². The van der Waals surface area contributed by atoms with Crippen LogP contribution < -0.4 is 9.47 Å². The summed E-state index contributed by atoms with van der Waals surface area (Å²) in [6.45, 7) is 4.09. The smallest absolute Gasteiger partial charge is 0.325 e. The van der Waals surface area contributed by atoms with Crippen LogP contribution in [0, 0.1) is 13.8 Å². The minimum absolute atomic E-state index is 0.262. The Morgan fingerprint density at radius 3 is 2.61 bits per heavy atom. The number of nitrogens with zero attached hydrogens (tertiary/aromatic N) is 2. The van der Waals surface area contributed by atoms with E-state index in [-0.39, 0.29) is 6.01 Å². The molecule has 0 fully saturated rings. The Bertz CT molecular complexity index is 573. The fraction of sp³-hybridized carbons (Fsp3) is 0.231. The molecule has 0 amide bonds. The van der Waals surface area contributed by atoms with Crippen molar-refractivity contribution in [2.24, 2.45) is 0 Å². The zero-order chi connectivity index (χ0) is 13.1. The van der Waals surface area contributed by atoms with Crippen LogP contribution >= 0.6 is 15.9 Å². The number of methoxy groups -OCH3 is 1. The largest absolute Gasteiger partial charge is 0.480 e.